The predicted molar refractivity (Wildman–Crippen MR) is 123 cm³/mol. The van der Waals surface area contributed by atoms with Gasteiger partial charge in [0.1, 0.15) is 17.4 Å². The summed E-state index contributed by atoms with van der Waals surface area (Å²) in [6.07, 6.45) is 3.92. The number of amides is 1. The summed E-state index contributed by atoms with van der Waals surface area (Å²) in [6, 6.07) is 11.0. The van der Waals surface area contributed by atoms with Crippen molar-refractivity contribution in [1.29, 1.82) is 0 Å². The number of halogens is 2. The van der Waals surface area contributed by atoms with Crippen molar-refractivity contribution in [2.75, 3.05) is 13.1 Å². The third-order valence-corrected chi connectivity index (χ3v) is 7.37. The number of carbonyl (C=O) groups excluding carboxylic acids is 1. The lowest BCUT2D eigenvalue weighted by Gasteiger charge is -2.59. The maximum absolute atomic E-state index is 13.9. The Balaban J connectivity index is 1.15. The summed E-state index contributed by atoms with van der Waals surface area (Å²) in [4.78, 5) is 15.0. The Kier molecular flexibility index (Phi) is 4.80. The number of nitrogens with zero attached hydrogens (tertiary/aromatic N) is 3. The van der Waals surface area contributed by atoms with Crippen molar-refractivity contribution in [2.24, 2.45) is 5.41 Å². The minimum atomic E-state index is -0.394. The molecule has 7 heteroatoms. The van der Waals surface area contributed by atoms with E-state index in [0.717, 1.165) is 48.3 Å². The Bertz CT molecular complexity index is 1280. The number of benzene rings is 2. The minimum absolute atomic E-state index is 0.0958. The molecule has 6 rings (SSSR count). The van der Waals surface area contributed by atoms with E-state index in [-0.39, 0.29) is 23.2 Å². The fourth-order valence-corrected chi connectivity index (χ4v) is 5.48. The van der Waals surface area contributed by atoms with E-state index in [9.17, 15) is 13.6 Å². The summed E-state index contributed by atoms with van der Waals surface area (Å²) in [6.45, 7) is 5.30. The van der Waals surface area contributed by atoms with Gasteiger partial charge in [-0.1, -0.05) is 6.07 Å². The number of ether oxygens (including phenoxy) is 1. The number of aryl methyl sites for hydroxylation is 2. The van der Waals surface area contributed by atoms with Crippen LogP contribution >= 0.6 is 0 Å². The Morgan fingerprint density at radius 1 is 1.03 bits per heavy atom. The Hall–Kier alpha value is -3.22. The van der Waals surface area contributed by atoms with Crippen LogP contribution in [0.25, 0.3) is 5.69 Å². The van der Waals surface area contributed by atoms with Gasteiger partial charge in [-0.2, -0.15) is 5.10 Å². The Morgan fingerprint density at radius 3 is 2.47 bits per heavy atom. The van der Waals surface area contributed by atoms with Crippen molar-refractivity contribution in [3.63, 3.8) is 0 Å². The number of rotatable bonds is 5. The van der Waals surface area contributed by atoms with Crippen LogP contribution in [-0.2, 0) is 0 Å². The first-order chi connectivity index (χ1) is 16.3. The highest BCUT2D eigenvalue weighted by Gasteiger charge is 2.55. The molecule has 2 aromatic carbocycles. The molecule has 0 unspecified atom stereocenters. The van der Waals surface area contributed by atoms with Crippen LogP contribution in [0.3, 0.4) is 0 Å². The van der Waals surface area contributed by atoms with Crippen LogP contribution in [0.1, 0.15) is 58.9 Å². The molecule has 3 aliphatic rings. The average molecular weight is 464 g/mol. The highest BCUT2D eigenvalue weighted by molar-refractivity contribution is 5.97. The maximum Gasteiger partial charge on any atom is 0.257 e. The van der Waals surface area contributed by atoms with E-state index in [4.69, 9.17) is 4.74 Å². The van der Waals surface area contributed by atoms with Gasteiger partial charge in [0, 0.05) is 36.2 Å². The average Bonchev–Trinajstić information content (AvgIpc) is 3.47. The summed E-state index contributed by atoms with van der Waals surface area (Å²) >= 11 is 0. The molecule has 1 spiro atoms. The molecular formula is C27H27F2N3O2. The summed E-state index contributed by atoms with van der Waals surface area (Å²) < 4.78 is 35.3. The quantitative estimate of drug-likeness (QED) is 0.514. The van der Waals surface area contributed by atoms with Crippen molar-refractivity contribution in [3.05, 3.63) is 76.6 Å². The van der Waals surface area contributed by atoms with Crippen LogP contribution in [0, 0.1) is 30.9 Å². The van der Waals surface area contributed by atoms with Gasteiger partial charge >= 0.3 is 0 Å². The van der Waals surface area contributed by atoms with Gasteiger partial charge in [-0.25, -0.2) is 13.5 Å². The lowest BCUT2D eigenvalue weighted by molar-refractivity contribution is -0.0566. The second-order valence-electron chi connectivity index (χ2n) is 10.3. The van der Waals surface area contributed by atoms with E-state index in [1.165, 1.54) is 30.3 Å². The second-order valence-corrected chi connectivity index (χ2v) is 10.3. The smallest absolute Gasteiger partial charge is 0.257 e. The first kappa shape index (κ1) is 21.3. The van der Waals surface area contributed by atoms with E-state index in [2.05, 4.69) is 11.2 Å². The molecule has 3 aromatic rings. The molecule has 2 heterocycles. The van der Waals surface area contributed by atoms with E-state index < -0.39 is 5.82 Å². The first-order valence-corrected chi connectivity index (χ1v) is 11.9. The molecule has 0 radical (unpaired) electrons. The number of hydrogen-bond donors (Lipinski definition) is 0. The Labute approximate surface area is 197 Å². The van der Waals surface area contributed by atoms with Gasteiger partial charge in [-0.05, 0) is 75.4 Å². The van der Waals surface area contributed by atoms with Gasteiger partial charge in [-0.3, -0.25) is 4.79 Å². The standard InChI is InChI=1S/C27H27F2N3O2/c1-16-3-4-19(28)10-23(16)32-24(9-17(2)30-32)18-12-27(13-18)14-31(15-27)26(33)22-8-5-20(29)11-25(22)34-21-6-7-21/h3-5,8-11,18,21H,6-7,12-15H2,1-2H3. The predicted octanol–water partition coefficient (Wildman–Crippen LogP) is 5.33. The third-order valence-electron chi connectivity index (χ3n) is 7.37. The fraction of sp³-hybridized carbons (Fsp3) is 0.407. The largest absolute Gasteiger partial charge is 0.489 e. The first-order valence-electron chi connectivity index (χ1n) is 11.9. The molecule has 5 nitrogen and oxygen atoms in total. The Morgan fingerprint density at radius 2 is 1.74 bits per heavy atom. The molecule has 1 amide bonds. The molecule has 2 saturated carbocycles. The highest BCUT2D eigenvalue weighted by Crippen LogP contribution is 2.56. The van der Waals surface area contributed by atoms with Crippen molar-refractivity contribution in [1.82, 2.24) is 14.7 Å². The maximum atomic E-state index is 13.9. The van der Waals surface area contributed by atoms with E-state index >= 15 is 0 Å². The van der Waals surface area contributed by atoms with Crippen LogP contribution < -0.4 is 4.74 Å². The lowest BCUT2D eigenvalue weighted by Crippen LogP contribution is -2.63. The van der Waals surface area contributed by atoms with E-state index in [0.29, 0.717) is 30.3 Å². The van der Waals surface area contributed by atoms with E-state index in [1.54, 1.807) is 6.07 Å². The number of likely N-dealkylation sites (tertiary alicyclic amines) is 1. The zero-order valence-corrected chi connectivity index (χ0v) is 19.4. The van der Waals surface area contributed by atoms with Crippen molar-refractivity contribution in [3.8, 4) is 11.4 Å². The molecule has 0 bridgehead atoms. The van der Waals surface area contributed by atoms with E-state index in [1.807, 2.05) is 23.4 Å². The molecule has 34 heavy (non-hydrogen) atoms. The van der Waals surface area contributed by atoms with Gasteiger partial charge in [-0.15, -0.1) is 0 Å². The van der Waals surface area contributed by atoms with Crippen LogP contribution in [0.15, 0.2) is 42.5 Å². The summed E-state index contributed by atoms with van der Waals surface area (Å²) in [5, 5.41) is 4.65. The zero-order chi connectivity index (χ0) is 23.6. The van der Waals surface area contributed by atoms with Crippen molar-refractivity contribution < 1.29 is 18.3 Å². The SMILES string of the molecule is Cc1cc(C2CC3(C2)CN(C(=O)c2ccc(F)cc2OC2CC2)C3)n(-c2cc(F)ccc2C)n1. The molecule has 1 aromatic heterocycles. The molecule has 1 aliphatic heterocycles. The second kappa shape index (κ2) is 7.65. The van der Waals surface area contributed by atoms with Gasteiger partial charge in [0.05, 0.1) is 23.0 Å². The molecule has 2 aliphatic carbocycles. The van der Waals surface area contributed by atoms with Crippen LogP contribution in [-0.4, -0.2) is 39.8 Å². The molecule has 1 saturated heterocycles. The van der Waals surface area contributed by atoms with Gasteiger partial charge in [0.25, 0.3) is 5.91 Å². The molecule has 0 atom stereocenters. The minimum Gasteiger partial charge on any atom is -0.489 e. The van der Waals surface area contributed by atoms with Crippen molar-refractivity contribution >= 4 is 5.91 Å². The number of hydrogen-bond acceptors (Lipinski definition) is 3. The van der Waals surface area contributed by atoms with Crippen LogP contribution in [0.5, 0.6) is 5.75 Å². The third kappa shape index (κ3) is 3.67. The molecule has 176 valence electrons. The molecule has 3 fully saturated rings. The van der Waals surface area contributed by atoms with Crippen LogP contribution in [0.4, 0.5) is 8.78 Å². The summed E-state index contributed by atoms with van der Waals surface area (Å²) in [7, 11) is 0. The van der Waals surface area contributed by atoms with Gasteiger partial charge < -0.3 is 9.64 Å². The fourth-order valence-electron chi connectivity index (χ4n) is 5.48. The van der Waals surface area contributed by atoms with Crippen LogP contribution in [0.2, 0.25) is 0 Å². The van der Waals surface area contributed by atoms with Crippen molar-refractivity contribution in [2.45, 2.75) is 51.6 Å². The normalized spacial score (nSPS) is 19.1. The number of aromatic nitrogens is 2. The van der Waals surface area contributed by atoms with Gasteiger partial charge in [0.15, 0.2) is 0 Å². The lowest BCUT2D eigenvalue weighted by atomic mass is 9.57. The molecular weight excluding hydrogens is 436 g/mol. The molecule has 0 N–H and O–H groups in total. The summed E-state index contributed by atoms with van der Waals surface area (Å²) in [5.41, 5.74) is 4.30. The van der Waals surface area contributed by atoms with Gasteiger partial charge in [0.2, 0.25) is 0 Å². The monoisotopic (exact) mass is 463 g/mol. The topological polar surface area (TPSA) is 47.4 Å². The summed E-state index contributed by atoms with van der Waals surface area (Å²) in [5.74, 6) is -0.0928. The highest BCUT2D eigenvalue weighted by atomic mass is 19.1. The number of carbonyl (C=O) groups is 1. The zero-order valence-electron chi connectivity index (χ0n) is 19.4.